The minimum absolute atomic E-state index is 0.209. The van der Waals surface area contributed by atoms with E-state index in [4.69, 9.17) is 16.3 Å². The van der Waals surface area contributed by atoms with E-state index >= 15 is 0 Å². The summed E-state index contributed by atoms with van der Waals surface area (Å²) in [6, 6.07) is 12.2. The van der Waals surface area contributed by atoms with Crippen LogP contribution in [0.1, 0.15) is 42.0 Å². The molecule has 142 valence electrons. The SMILES string of the molecule is COC(=O)C(C)(C)C(c1ccc(C)c(CCl)c1)c1ccc2c(c1)nnn2C. The van der Waals surface area contributed by atoms with Crippen LogP contribution in [0.4, 0.5) is 0 Å². The topological polar surface area (TPSA) is 57.0 Å². The predicted molar refractivity (Wildman–Crippen MR) is 107 cm³/mol. The van der Waals surface area contributed by atoms with Gasteiger partial charge in [-0.05, 0) is 55.2 Å². The fourth-order valence-electron chi connectivity index (χ4n) is 3.66. The number of carbonyl (C=O) groups is 1. The smallest absolute Gasteiger partial charge is 0.312 e. The molecule has 5 nitrogen and oxygen atoms in total. The second-order valence-electron chi connectivity index (χ2n) is 7.43. The van der Waals surface area contributed by atoms with Crippen molar-refractivity contribution < 1.29 is 9.53 Å². The summed E-state index contributed by atoms with van der Waals surface area (Å²) in [6.45, 7) is 5.85. The molecule has 0 aliphatic carbocycles. The van der Waals surface area contributed by atoms with Gasteiger partial charge in [0.25, 0.3) is 0 Å². The highest BCUT2D eigenvalue weighted by atomic mass is 35.5. The fourth-order valence-corrected chi connectivity index (χ4v) is 3.95. The summed E-state index contributed by atoms with van der Waals surface area (Å²) < 4.78 is 6.85. The average molecular weight is 386 g/mol. The first-order valence-electron chi connectivity index (χ1n) is 8.82. The van der Waals surface area contributed by atoms with Gasteiger partial charge < -0.3 is 4.74 Å². The first-order valence-corrected chi connectivity index (χ1v) is 9.36. The highest BCUT2D eigenvalue weighted by Crippen LogP contribution is 2.43. The summed E-state index contributed by atoms with van der Waals surface area (Å²) in [6.07, 6.45) is 0. The van der Waals surface area contributed by atoms with Crippen molar-refractivity contribution >= 4 is 28.6 Å². The Morgan fingerprint density at radius 2 is 1.89 bits per heavy atom. The molecular weight excluding hydrogens is 362 g/mol. The molecule has 0 saturated heterocycles. The Morgan fingerprint density at radius 1 is 1.22 bits per heavy atom. The van der Waals surface area contributed by atoms with E-state index in [9.17, 15) is 4.79 Å². The molecule has 0 saturated carbocycles. The zero-order valence-corrected chi connectivity index (χ0v) is 17.0. The van der Waals surface area contributed by atoms with E-state index in [2.05, 4.69) is 22.4 Å². The molecule has 0 N–H and O–H groups in total. The molecule has 0 spiro atoms. The van der Waals surface area contributed by atoms with Crippen molar-refractivity contribution in [3.63, 3.8) is 0 Å². The molecule has 0 fully saturated rings. The number of rotatable bonds is 5. The van der Waals surface area contributed by atoms with Crippen molar-refractivity contribution in [1.82, 2.24) is 15.0 Å². The van der Waals surface area contributed by atoms with E-state index in [1.807, 2.05) is 52.1 Å². The van der Waals surface area contributed by atoms with Gasteiger partial charge in [-0.3, -0.25) is 4.79 Å². The highest BCUT2D eigenvalue weighted by Gasteiger charge is 2.40. The third kappa shape index (κ3) is 3.44. The number of nitrogens with zero attached hydrogens (tertiary/aromatic N) is 3. The number of fused-ring (bicyclic) bond motifs is 1. The maximum Gasteiger partial charge on any atom is 0.312 e. The summed E-state index contributed by atoms with van der Waals surface area (Å²) in [5, 5.41) is 8.30. The Balaban J connectivity index is 2.21. The van der Waals surface area contributed by atoms with E-state index in [-0.39, 0.29) is 11.9 Å². The minimum Gasteiger partial charge on any atom is -0.469 e. The number of carbonyl (C=O) groups excluding carboxylic acids is 1. The third-order valence-corrected chi connectivity index (χ3v) is 5.54. The van der Waals surface area contributed by atoms with E-state index in [1.165, 1.54) is 7.11 Å². The summed E-state index contributed by atoms with van der Waals surface area (Å²) in [5.74, 6) is -0.0486. The van der Waals surface area contributed by atoms with Gasteiger partial charge in [0.15, 0.2) is 0 Å². The zero-order valence-electron chi connectivity index (χ0n) is 16.3. The Kier molecular flexibility index (Phi) is 5.24. The number of hydrogen-bond acceptors (Lipinski definition) is 4. The number of halogens is 1. The average Bonchev–Trinajstić information content (AvgIpc) is 3.02. The number of esters is 1. The normalized spacial score (nSPS) is 13.0. The first-order chi connectivity index (χ1) is 12.8. The Morgan fingerprint density at radius 3 is 2.56 bits per heavy atom. The molecule has 0 aliphatic rings. The van der Waals surface area contributed by atoms with Gasteiger partial charge in [0.1, 0.15) is 5.52 Å². The highest BCUT2D eigenvalue weighted by molar-refractivity contribution is 6.17. The van der Waals surface area contributed by atoms with Crippen LogP contribution in [0.5, 0.6) is 0 Å². The monoisotopic (exact) mass is 385 g/mol. The Hall–Kier alpha value is -2.40. The summed E-state index contributed by atoms with van der Waals surface area (Å²) in [7, 11) is 3.28. The Labute approximate surface area is 164 Å². The van der Waals surface area contributed by atoms with Gasteiger partial charge in [-0.25, -0.2) is 4.68 Å². The van der Waals surface area contributed by atoms with Crippen molar-refractivity contribution in [1.29, 1.82) is 0 Å². The number of aryl methyl sites for hydroxylation is 2. The van der Waals surface area contributed by atoms with Gasteiger partial charge in [-0.1, -0.05) is 29.5 Å². The van der Waals surface area contributed by atoms with Gasteiger partial charge in [-0.2, -0.15) is 0 Å². The van der Waals surface area contributed by atoms with Crippen LogP contribution in [0.2, 0.25) is 0 Å². The molecule has 0 radical (unpaired) electrons. The quantitative estimate of drug-likeness (QED) is 0.484. The largest absolute Gasteiger partial charge is 0.469 e. The van der Waals surface area contributed by atoms with Gasteiger partial charge in [0.2, 0.25) is 0 Å². The summed E-state index contributed by atoms with van der Waals surface area (Å²) in [4.78, 5) is 12.6. The number of alkyl halides is 1. The van der Waals surface area contributed by atoms with E-state index < -0.39 is 5.41 Å². The lowest BCUT2D eigenvalue weighted by Gasteiger charge is -2.33. The van der Waals surface area contributed by atoms with E-state index in [0.29, 0.717) is 5.88 Å². The lowest BCUT2D eigenvalue weighted by Crippen LogP contribution is -2.33. The number of benzene rings is 2. The number of methoxy groups -OCH3 is 1. The number of aromatic nitrogens is 3. The standard InChI is InChI=1S/C21H24ClN3O2/c1-13-6-7-14(10-16(13)12-22)19(21(2,3)20(26)27-5)15-8-9-18-17(11-15)23-24-25(18)4/h6-11,19H,12H2,1-5H3. The molecule has 1 atom stereocenters. The van der Waals surface area contributed by atoms with Crippen molar-refractivity contribution in [2.45, 2.75) is 32.6 Å². The molecule has 1 unspecified atom stereocenters. The molecule has 0 bridgehead atoms. The summed E-state index contributed by atoms with van der Waals surface area (Å²) in [5.41, 5.74) is 5.17. The lowest BCUT2D eigenvalue weighted by molar-refractivity contribution is -0.151. The van der Waals surface area contributed by atoms with E-state index in [0.717, 1.165) is 33.3 Å². The van der Waals surface area contributed by atoms with Crippen LogP contribution in [0.15, 0.2) is 36.4 Å². The molecule has 2 aromatic carbocycles. The van der Waals surface area contributed by atoms with Crippen LogP contribution >= 0.6 is 11.6 Å². The van der Waals surface area contributed by atoms with Crippen LogP contribution in [0.3, 0.4) is 0 Å². The second kappa shape index (κ2) is 7.31. The zero-order chi connectivity index (χ0) is 19.8. The maximum atomic E-state index is 12.6. The van der Waals surface area contributed by atoms with Crippen LogP contribution in [0, 0.1) is 12.3 Å². The molecule has 27 heavy (non-hydrogen) atoms. The van der Waals surface area contributed by atoms with Gasteiger partial charge in [0, 0.05) is 18.8 Å². The Bertz CT molecular complexity index is 994. The fraction of sp³-hybridized carbons (Fsp3) is 0.381. The van der Waals surface area contributed by atoms with Gasteiger partial charge >= 0.3 is 5.97 Å². The summed E-state index contributed by atoms with van der Waals surface area (Å²) >= 11 is 6.13. The predicted octanol–water partition coefficient (Wildman–Crippen LogP) is 4.35. The van der Waals surface area contributed by atoms with Crippen molar-refractivity contribution in [3.05, 3.63) is 58.7 Å². The molecule has 0 amide bonds. The molecule has 0 aliphatic heterocycles. The number of ether oxygens (including phenoxy) is 1. The maximum absolute atomic E-state index is 12.6. The molecule has 3 aromatic rings. The van der Waals surface area contributed by atoms with Crippen molar-refractivity contribution in [3.8, 4) is 0 Å². The first kappa shape index (κ1) is 19.4. The van der Waals surface area contributed by atoms with Gasteiger partial charge in [-0.15, -0.1) is 16.7 Å². The van der Waals surface area contributed by atoms with Crippen molar-refractivity contribution in [2.75, 3.05) is 7.11 Å². The molecular formula is C21H24ClN3O2. The third-order valence-electron chi connectivity index (χ3n) is 5.25. The van der Waals surface area contributed by atoms with Crippen molar-refractivity contribution in [2.24, 2.45) is 12.5 Å². The van der Waals surface area contributed by atoms with Crippen LogP contribution in [-0.2, 0) is 22.5 Å². The lowest BCUT2D eigenvalue weighted by atomic mass is 9.71. The van der Waals surface area contributed by atoms with Crippen LogP contribution < -0.4 is 0 Å². The second-order valence-corrected chi connectivity index (χ2v) is 7.69. The van der Waals surface area contributed by atoms with E-state index in [1.54, 1.807) is 4.68 Å². The van der Waals surface area contributed by atoms with Gasteiger partial charge in [0.05, 0.1) is 18.0 Å². The molecule has 1 aromatic heterocycles. The number of hydrogen-bond donors (Lipinski definition) is 0. The minimum atomic E-state index is -0.774. The van der Waals surface area contributed by atoms with Crippen LogP contribution in [-0.4, -0.2) is 28.1 Å². The molecule has 1 heterocycles. The molecule has 6 heteroatoms. The van der Waals surface area contributed by atoms with Crippen LogP contribution in [0.25, 0.3) is 11.0 Å². The molecule has 3 rings (SSSR count).